The zero-order chi connectivity index (χ0) is 24.1. The number of anilines is 2. The van der Waals surface area contributed by atoms with E-state index in [1.165, 1.54) is 0 Å². The molecular formula is C26H35N5O3. The maximum atomic E-state index is 12.8. The first-order chi connectivity index (χ1) is 16.4. The van der Waals surface area contributed by atoms with Crippen molar-refractivity contribution in [3.8, 4) is 0 Å². The van der Waals surface area contributed by atoms with E-state index < -0.39 is 0 Å². The monoisotopic (exact) mass is 465 g/mol. The number of urea groups is 1. The number of carbonyl (C=O) groups is 2. The molecule has 0 saturated carbocycles. The lowest BCUT2D eigenvalue weighted by Gasteiger charge is -2.36. The molecule has 0 radical (unpaired) electrons. The fraction of sp³-hybridized carbons (Fsp3) is 0.500. The molecule has 3 atom stereocenters. The SMILES string of the molecule is Cc1cccc(NC(=O)N2CCCC(C(=O)NCc3ccc(N4CC(C)OC(C)C4)nc3)C2)c1. The van der Waals surface area contributed by atoms with Gasteiger partial charge in [0.05, 0.1) is 18.1 Å². The second kappa shape index (κ2) is 10.9. The van der Waals surface area contributed by atoms with E-state index in [-0.39, 0.29) is 30.1 Å². The van der Waals surface area contributed by atoms with Gasteiger partial charge >= 0.3 is 6.03 Å². The van der Waals surface area contributed by atoms with Crippen LogP contribution < -0.4 is 15.5 Å². The minimum atomic E-state index is -0.208. The summed E-state index contributed by atoms with van der Waals surface area (Å²) in [5, 5.41) is 5.97. The minimum absolute atomic E-state index is 0.0204. The van der Waals surface area contributed by atoms with E-state index in [9.17, 15) is 9.59 Å². The minimum Gasteiger partial charge on any atom is -0.372 e. The van der Waals surface area contributed by atoms with Crippen molar-refractivity contribution >= 4 is 23.4 Å². The predicted octanol–water partition coefficient (Wildman–Crippen LogP) is 3.56. The van der Waals surface area contributed by atoms with Crippen LogP contribution in [0.3, 0.4) is 0 Å². The lowest BCUT2D eigenvalue weighted by atomic mass is 9.97. The third-order valence-corrected chi connectivity index (χ3v) is 6.37. The molecule has 0 aliphatic carbocycles. The molecule has 2 N–H and O–H groups in total. The maximum Gasteiger partial charge on any atom is 0.321 e. The van der Waals surface area contributed by atoms with Gasteiger partial charge in [0.2, 0.25) is 5.91 Å². The fourth-order valence-corrected chi connectivity index (χ4v) is 4.71. The molecule has 4 rings (SSSR count). The predicted molar refractivity (Wildman–Crippen MR) is 133 cm³/mol. The number of hydrogen-bond acceptors (Lipinski definition) is 5. The second-order valence-electron chi connectivity index (χ2n) is 9.49. The zero-order valence-electron chi connectivity index (χ0n) is 20.3. The number of piperidine rings is 1. The van der Waals surface area contributed by atoms with Crippen molar-refractivity contribution in [3.05, 3.63) is 53.7 Å². The van der Waals surface area contributed by atoms with Crippen LogP contribution in [0.2, 0.25) is 0 Å². The van der Waals surface area contributed by atoms with Gasteiger partial charge in [0.15, 0.2) is 0 Å². The van der Waals surface area contributed by atoms with Crippen LogP contribution in [0.1, 0.15) is 37.8 Å². The third kappa shape index (κ3) is 6.26. The van der Waals surface area contributed by atoms with Gasteiger partial charge in [-0.1, -0.05) is 18.2 Å². The summed E-state index contributed by atoms with van der Waals surface area (Å²) >= 11 is 0. The highest BCUT2D eigenvalue weighted by Gasteiger charge is 2.28. The van der Waals surface area contributed by atoms with Crippen LogP contribution in [-0.4, -0.2) is 60.2 Å². The molecular weight excluding hydrogens is 430 g/mol. The Morgan fingerprint density at radius 3 is 2.62 bits per heavy atom. The van der Waals surface area contributed by atoms with Gasteiger partial charge in [-0.2, -0.15) is 0 Å². The van der Waals surface area contributed by atoms with Gasteiger partial charge in [0, 0.05) is 44.6 Å². The molecule has 2 aliphatic heterocycles. The van der Waals surface area contributed by atoms with Crippen LogP contribution in [0.4, 0.5) is 16.3 Å². The van der Waals surface area contributed by atoms with E-state index in [0.717, 1.165) is 48.6 Å². The Kier molecular flexibility index (Phi) is 7.67. The Labute approximate surface area is 201 Å². The Balaban J connectivity index is 1.26. The molecule has 1 aromatic heterocycles. The summed E-state index contributed by atoms with van der Waals surface area (Å²) in [4.78, 5) is 34.1. The molecule has 8 nitrogen and oxygen atoms in total. The molecule has 0 bridgehead atoms. The zero-order valence-corrected chi connectivity index (χ0v) is 20.3. The number of aromatic nitrogens is 1. The quantitative estimate of drug-likeness (QED) is 0.705. The van der Waals surface area contributed by atoms with Crippen molar-refractivity contribution in [1.29, 1.82) is 0 Å². The number of ether oxygens (including phenoxy) is 1. The molecule has 2 fully saturated rings. The van der Waals surface area contributed by atoms with Gasteiger partial charge < -0.3 is 25.2 Å². The van der Waals surface area contributed by atoms with Crippen molar-refractivity contribution in [3.63, 3.8) is 0 Å². The molecule has 2 saturated heterocycles. The first-order valence-electron chi connectivity index (χ1n) is 12.1. The number of rotatable bonds is 5. The van der Waals surface area contributed by atoms with Crippen LogP contribution in [0.15, 0.2) is 42.6 Å². The molecule has 182 valence electrons. The summed E-state index contributed by atoms with van der Waals surface area (Å²) in [5.41, 5.74) is 2.81. The summed E-state index contributed by atoms with van der Waals surface area (Å²) in [5.74, 6) is 0.702. The van der Waals surface area contributed by atoms with Crippen LogP contribution in [0, 0.1) is 12.8 Å². The number of nitrogens with zero attached hydrogens (tertiary/aromatic N) is 3. The van der Waals surface area contributed by atoms with Crippen molar-refractivity contribution < 1.29 is 14.3 Å². The third-order valence-electron chi connectivity index (χ3n) is 6.37. The molecule has 3 amide bonds. The number of carbonyl (C=O) groups excluding carboxylic acids is 2. The smallest absolute Gasteiger partial charge is 0.321 e. The van der Waals surface area contributed by atoms with Crippen molar-refractivity contribution in [2.45, 2.75) is 52.4 Å². The van der Waals surface area contributed by atoms with Crippen molar-refractivity contribution in [1.82, 2.24) is 15.2 Å². The fourth-order valence-electron chi connectivity index (χ4n) is 4.71. The number of aryl methyl sites for hydroxylation is 1. The van der Waals surface area contributed by atoms with E-state index in [1.807, 2.05) is 49.5 Å². The Morgan fingerprint density at radius 1 is 1.12 bits per heavy atom. The van der Waals surface area contributed by atoms with Gasteiger partial charge in [-0.25, -0.2) is 9.78 Å². The van der Waals surface area contributed by atoms with Gasteiger partial charge in [-0.3, -0.25) is 4.79 Å². The Hall–Kier alpha value is -3.13. The lowest BCUT2D eigenvalue weighted by molar-refractivity contribution is -0.126. The van der Waals surface area contributed by atoms with E-state index in [1.54, 1.807) is 4.90 Å². The van der Waals surface area contributed by atoms with Crippen LogP contribution in [0.5, 0.6) is 0 Å². The standard InChI is InChI=1S/C26H35N5O3/c1-18-6-4-8-23(12-18)29-26(33)30-11-5-7-22(17-30)25(32)28-14-21-9-10-24(27-13-21)31-15-19(2)34-20(3)16-31/h4,6,8-10,12-13,19-20,22H,5,7,11,14-17H2,1-3H3,(H,28,32)(H,29,33). The van der Waals surface area contributed by atoms with Crippen molar-refractivity contribution in [2.24, 2.45) is 5.92 Å². The van der Waals surface area contributed by atoms with E-state index in [4.69, 9.17) is 4.74 Å². The first-order valence-corrected chi connectivity index (χ1v) is 12.1. The first kappa shape index (κ1) is 24.0. The summed E-state index contributed by atoms with van der Waals surface area (Å²) < 4.78 is 5.80. The molecule has 3 heterocycles. The van der Waals surface area contributed by atoms with Gasteiger partial charge in [-0.15, -0.1) is 0 Å². The average Bonchev–Trinajstić information content (AvgIpc) is 2.82. The number of hydrogen-bond donors (Lipinski definition) is 2. The molecule has 3 unspecified atom stereocenters. The molecule has 0 spiro atoms. The maximum absolute atomic E-state index is 12.8. The highest BCUT2D eigenvalue weighted by molar-refractivity contribution is 5.90. The van der Waals surface area contributed by atoms with E-state index in [0.29, 0.717) is 19.6 Å². The van der Waals surface area contributed by atoms with E-state index in [2.05, 4.69) is 34.4 Å². The number of benzene rings is 1. The molecule has 1 aromatic carbocycles. The molecule has 8 heteroatoms. The normalized spacial score (nSPS) is 22.9. The number of amides is 3. The highest BCUT2D eigenvalue weighted by atomic mass is 16.5. The van der Waals surface area contributed by atoms with Crippen LogP contribution in [0.25, 0.3) is 0 Å². The number of nitrogens with one attached hydrogen (secondary N) is 2. The average molecular weight is 466 g/mol. The summed E-state index contributed by atoms with van der Waals surface area (Å²) in [6.45, 7) is 9.29. The summed E-state index contributed by atoms with van der Waals surface area (Å²) in [7, 11) is 0. The number of likely N-dealkylation sites (tertiary alicyclic amines) is 1. The van der Waals surface area contributed by atoms with Crippen molar-refractivity contribution in [2.75, 3.05) is 36.4 Å². The van der Waals surface area contributed by atoms with Crippen LogP contribution in [-0.2, 0) is 16.1 Å². The van der Waals surface area contributed by atoms with Gasteiger partial charge in [0.1, 0.15) is 5.82 Å². The lowest BCUT2D eigenvalue weighted by Crippen LogP contribution is -2.46. The molecule has 2 aromatic rings. The number of pyridine rings is 1. The largest absolute Gasteiger partial charge is 0.372 e. The summed E-state index contributed by atoms with van der Waals surface area (Å²) in [6.07, 6.45) is 3.77. The van der Waals surface area contributed by atoms with E-state index >= 15 is 0 Å². The highest BCUT2D eigenvalue weighted by Crippen LogP contribution is 2.20. The second-order valence-corrected chi connectivity index (χ2v) is 9.49. The Bertz CT molecular complexity index is 986. The topological polar surface area (TPSA) is 86.8 Å². The summed E-state index contributed by atoms with van der Waals surface area (Å²) in [6, 6.07) is 11.6. The van der Waals surface area contributed by atoms with Gasteiger partial charge in [-0.05, 0) is 62.9 Å². The van der Waals surface area contributed by atoms with Crippen LogP contribution >= 0.6 is 0 Å². The Morgan fingerprint density at radius 2 is 1.91 bits per heavy atom. The molecule has 2 aliphatic rings. The van der Waals surface area contributed by atoms with Gasteiger partial charge in [0.25, 0.3) is 0 Å². The molecule has 34 heavy (non-hydrogen) atoms. The number of morpholine rings is 1.